The van der Waals surface area contributed by atoms with Gasteiger partial charge in [-0.15, -0.1) is 5.10 Å². The maximum Gasteiger partial charge on any atom is 0.322 e. The number of amides is 1. The summed E-state index contributed by atoms with van der Waals surface area (Å²) in [5.41, 5.74) is 0. The molecule has 0 aromatic carbocycles. The minimum absolute atomic E-state index is 0.0352. The molecule has 124 valence electrons. The van der Waals surface area contributed by atoms with Crippen molar-refractivity contribution >= 4 is 21.9 Å². The molecule has 0 aliphatic carbocycles. The fourth-order valence-corrected chi connectivity index (χ4v) is 3.23. The highest BCUT2D eigenvalue weighted by Crippen LogP contribution is 2.22. The van der Waals surface area contributed by atoms with E-state index in [2.05, 4.69) is 20.7 Å². The van der Waals surface area contributed by atoms with Gasteiger partial charge in [0.05, 0.1) is 12.5 Å². The molecule has 0 unspecified atom stereocenters. The smallest absolute Gasteiger partial charge is 0.322 e. The second-order valence-corrected chi connectivity index (χ2v) is 7.20. The molecule has 1 saturated heterocycles. The number of carbonyl (C=O) groups is 1. The molecule has 0 spiro atoms. The zero-order valence-electron chi connectivity index (χ0n) is 12.3. The summed E-state index contributed by atoms with van der Waals surface area (Å²) in [6.45, 7) is 0.647. The first-order valence-electron chi connectivity index (χ1n) is 6.94. The molecule has 23 heavy (non-hydrogen) atoms. The Kier molecular flexibility index (Phi) is 4.13. The fourth-order valence-electron chi connectivity index (χ4n) is 2.36. The zero-order chi connectivity index (χ0) is 16.4. The van der Waals surface area contributed by atoms with Crippen molar-refractivity contribution in [3.63, 3.8) is 0 Å². The number of hydrogen-bond donors (Lipinski definition) is 1. The minimum atomic E-state index is -3.21. The molecule has 1 aliphatic heterocycles. The first kappa shape index (κ1) is 15.6. The van der Waals surface area contributed by atoms with Gasteiger partial charge in [0.2, 0.25) is 21.7 Å². The van der Waals surface area contributed by atoms with Crippen LogP contribution in [-0.2, 0) is 14.8 Å². The van der Waals surface area contributed by atoms with E-state index < -0.39 is 10.0 Å². The van der Waals surface area contributed by atoms with E-state index in [1.165, 1.54) is 10.5 Å². The van der Waals surface area contributed by atoms with Gasteiger partial charge < -0.3 is 8.94 Å². The Morgan fingerprint density at radius 2 is 2.09 bits per heavy atom. The fraction of sp³-hybridized carbons (Fsp3) is 0.500. The minimum Gasteiger partial charge on any atom is -0.400 e. The summed E-state index contributed by atoms with van der Waals surface area (Å²) in [7, 11) is -3.21. The molecule has 3 rings (SSSR count). The van der Waals surface area contributed by atoms with Crippen LogP contribution < -0.4 is 5.32 Å². The van der Waals surface area contributed by atoms with E-state index in [0.717, 1.165) is 6.26 Å². The lowest BCUT2D eigenvalue weighted by atomic mass is 9.97. The van der Waals surface area contributed by atoms with Gasteiger partial charge in [0.1, 0.15) is 0 Å². The number of aromatic nitrogens is 3. The first-order chi connectivity index (χ1) is 10.9. The van der Waals surface area contributed by atoms with Crippen LogP contribution >= 0.6 is 0 Å². The summed E-state index contributed by atoms with van der Waals surface area (Å²) in [5, 5.41) is 13.5. The Labute approximate surface area is 131 Å². The van der Waals surface area contributed by atoms with Crippen LogP contribution in [0.15, 0.2) is 21.2 Å². The normalized spacial score (nSPS) is 17.3. The van der Waals surface area contributed by atoms with Gasteiger partial charge in [-0.2, -0.15) is 0 Å². The van der Waals surface area contributed by atoms with Crippen molar-refractivity contribution in [1.29, 1.82) is 0 Å². The van der Waals surface area contributed by atoms with Crippen molar-refractivity contribution in [1.82, 2.24) is 19.7 Å². The van der Waals surface area contributed by atoms with E-state index in [9.17, 15) is 13.2 Å². The molecule has 11 heteroatoms. The number of rotatable bonds is 4. The van der Waals surface area contributed by atoms with Crippen molar-refractivity contribution < 1.29 is 22.2 Å². The zero-order valence-corrected chi connectivity index (χ0v) is 13.1. The highest BCUT2D eigenvalue weighted by atomic mass is 32.2. The number of sulfonamides is 1. The van der Waals surface area contributed by atoms with E-state index >= 15 is 0 Å². The van der Waals surface area contributed by atoms with Gasteiger partial charge in [-0.1, -0.05) is 10.3 Å². The number of hydrogen-bond acceptors (Lipinski definition) is 8. The van der Waals surface area contributed by atoms with Crippen LogP contribution in [0.25, 0.3) is 11.7 Å². The van der Waals surface area contributed by atoms with E-state index in [-0.39, 0.29) is 23.7 Å². The third-order valence-corrected chi connectivity index (χ3v) is 4.90. The highest BCUT2D eigenvalue weighted by molar-refractivity contribution is 7.88. The van der Waals surface area contributed by atoms with Crippen molar-refractivity contribution in [2.45, 2.75) is 12.8 Å². The molecular formula is C12H15N5O5S. The van der Waals surface area contributed by atoms with E-state index in [4.69, 9.17) is 8.94 Å². The quantitative estimate of drug-likeness (QED) is 0.842. The third-order valence-electron chi connectivity index (χ3n) is 3.60. The molecule has 0 bridgehead atoms. The average Bonchev–Trinajstić information content (AvgIpc) is 3.17. The van der Waals surface area contributed by atoms with Crippen molar-refractivity contribution in [2.75, 3.05) is 24.7 Å². The Hall–Kier alpha value is -2.27. The van der Waals surface area contributed by atoms with Gasteiger partial charge in [-0.3, -0.25) is 10.1 Å². The van der Waals surface area contributed by atoms with Crippen LogP contribution in [0, 0.1) is 5.92 Å². The number of piperidine rings is 1. The maximum absolute atomic E-state index is 12.2. The van der Waals surface area contributed by atoms with Crippen LogP contribution in [0.4, 0.5) is 6.01 Å². The largest absolute Gasteiger partial charge is 0.400 e. The molecule has 1 aliphatic rings. The standard InChI is InChI=1S/C12H15N5O5S/c1-23(19,20)17-6-3-8(4-7-17)10(18)14-12-16-15-11(21-12)9-2-5-13-22-9/h2,5,8H,3-4,6-7H2,1H3,(H,14,16,18). The molecule has 3 heterocycles. The predicted molar refractivity (Wildman–Crippen MR) is 77.6 cm³/mol. The van der Waals surface area contributed by atoms with Crippen LogP contribution in [0.1, 0.15) is 12.8 Å². The lowest BCUT2D eigenvalue weighted by molar-refractivity contribution is -0.121. The summed E-state index contributed by atoms with van der Waals surface area (Å²) >= 11 is 0. The van der Waals surface area contributed by atoms with Crippen LogP contribution in [0.2, 0.25) is 0 Å². The molecular weight excluding hydrogens is 326 g/mol. The number of nitrogens with zero attached hydrogens (tertiary/aromatic N) is 4. The lowest BCUT2D eigenvalue weighted by Gasteiger charge is -2.28. The highest BCUT2D eigenvalue weighted by Gasteiger charge is 2.29. The van der Waals surface area contributed by atoms with E-state index in [0.29, 0.717) is 31.7 Å². The summed E-state index contributed by atoms with van der Waals surface area (Å²) in [6, 6.07) is 1.52. The molecule has 2 aromatic heterocycles. The van der Waals surface area contributed by atoms with Gasteiger partial charge >= 0.3 is 6.01 Å². The van der Waals surface area contributed by atoms with Crippen LogP contribution in [-0.4, -0.2) is 53.3 Å². The van der Waals surface area contributed by atoms with Gasteiger partial charge in [0, 0.05) is 25.1 Å². The SMILES string of the molecule is CS(=O)(=O)N1CCC(C(=O)Nc2nnc(-c3ccno3)o2)CC1. The Balaban J connectivity index is 1.58. The molecule has 0 saturated carbocycles. The average molecular weight is 341 g/mol. The van der Waals surface area contributed by atoms with Crippen molar-refractivity contribution in [3.8, 4) is 11.7 Å². The molecule has 0 atom stereocenters. The monoisotopic (exact) mass is 341 g/mol. The summed E-state index contributed by atoms with van der Waals surface area (Å²) in [5.74, 6) is -0.149. The van der Waals surface area contributed by atoms with Crippen molar-refractivity contribution in [2.24, 2.45) is 5.92 Å². The molecule has 2 aromatic rings. The number of nitrogens with one attached hydrogen (secondary N) is 1. The van der Waals surface area contributed by atoms with Crippen LogP contribution in [0.5, 0.6) is 0 Å². The van der Waals surface area contributed by atoms with E-state index in [1.807, 2.05) is 0 Å². The van der Waals surface area contributed by atoms with Crippen molar-refractivity contribution in [3.05, 3.63) is 12.3 Å². The first-order valence-corrected chi connectivity index (χ1v) is 8.79. The number of carbonyl (C=O) groups excluding carboxylic acids is 1. The van der Waals surface area contributed by atoms with Crippen LogP contribution in [0.3, 0.4) is 0 Å². The summed E-state index contributed by atoms with van der Waals surface area (Å²) in [4.78, 5) is 12.2. The third kappa shape index (κ3) is 3.56. The van der Waals surface area contributed by atoms with Gasteiger partial charge in [-0.05, 0) is 12.8 Å². The molecule has 1 N–H and O–H groups in total. The molecule has 0 radical (unpaired) electrons. The summed E-state index contributed by atoms with van der Waals surface area (Å²) < 4.78 is 34.4. The predicted octanol–water partition coefficient (Wildman–Crippen LogP) is 0.335. The molecule has 10 nitrogen and oxygen atoms in total. The Morgan fingerprint density at radius 1 is 1.35 bits per heavy atom. The van der Waals surface area contributed by atoms with Gasteiger partial charge in [0.25, 0.3) is 5.89 Å². The Morgan fingerprint density at radius 3 is 2.70 bits per heavy atom. The second kappa shape index (κ2) is 6.08. The Bertz CT molecular complexity index is 777. The van der Waals surface area contributed by atoms with E-state index in [1.54, 1.807) is 6.07 Å². The number of anilines is 1. The maximum atomic E-state index is 12.2. The van der Waals surface area contributed by atoms with Gasteiger partial charge in [0.15, 0.2) is 0 Å². The van der Waals surface area contributed by atoms with Gasteiger partial charge in [-0.25, -0.2) is 12.7 Å². The molecule has 1 fully saturated rings. The summed E-state index contributed by atoms with van der Waals surface area (Å²) in [6.07, 6.45) is 3.49. The lowest BCUT2D eigenvalue weighted by Crippen LogP contribution is -2.40. The topological polar surface area (TPSA) is 131 Å². The second-order valence-electron chi connectivity index (χ2n) is 5.21. The molecule has 1 amide bonds.